The van der Waals surface area contributed by atoms with Gasteiger partial charge < -0.3 is 5.32 Å². The zero-order chi connectivity index (χ0) is 12.0. The lowest BCUT2D eigenvalue weighted by Crippen LogP contribution is -2.27. The van der Waals surface area contributed by atoms with Crippen LogP contribution in [-0.4, -0.2) is 13.1 Å². The van der Waals surface area contributed by atoms with Crippen LogP contribution < -0.4 is 5.32 Å². The molecule has 1 heteroatoms. The second-order valence-corrected chi connectivity index (χ2v) is 5.08. The summed E-state index contributed by atoms with van der Waals surface area (Å²) in [5, 5.41) is 3.42. The maximum absolute atomic E-state index is 3.42. The monoisotopic (exact) mass is 219 g/mol. The van der Waals surface area contributed by atoms with Gasteiger partial charge in [-0.1, -0.05) is 38.1 Å². The van der Waals surface area contributed by atoms with E-state index in [1.807, 2.05) is 0 Å². The zero-order valence-electron chi connectivity index (χ0n) is 11.1. The van der Waals surface area contributed by atoms with E-state index in [0.29, 0.717) is 6.04 Å². The molecule has 0 aromatic heterocycles. The smallest absolute Gasteiger partial charge is 0.00696 e. The van der Waals surface area contributed by atoms with Crippen LogP contribution in [-0.2, 0) is 6.42 Å². The predicted octanol–water partition coefficient (Wildman–Crippen LogP) is 3.56. The Labute approximate surface area is 100 Å². The van der Waals surface area contributed by atoms with Crippen LogP contribution in [0.15, 0.2) is 24.3 Å². The molecule has 0 saturated carbocycles. The molecule has 0 aliphatic rings. The van der Waals surface area contributed by atoms with E-state index in [2.05, 4.69) is 57.4 Å². The highest BCUT2D eigenvalue weighted by atomic mass is 14.9. The van der Waals surface area contributed by atoms with Crippen molar-refractivity contribution in [1.29, 1.82) is 0 Å². The van der Waals surface area contributed by atoms with Gasteiger partial charge in [-0.15, -0.1) is 0 Å². The van der Waals surface area contributed by atoms with Crippen molar-refractivity contribution in [3.63, 3.8) is 0 Å². The molecule has 0 aliphatic carbocycles. The summed E-state index contributed by atoms with van der Waals surface area (Å²) in [5.74, 6) is 0.773. The van der Waals surface area contributed by atoms with E-state index in [1.165, 1.54) is 30.4 Å². The van der Waals surface area contributed by atoms with Crippen molar-refractivity contribution in [2.75, 3.05) is 7.05 Å². The van der Waals surface area contributed by atoms with Crippen LogP contribution in [0.2, 0.25) is 0 Å². The molecule has 1 aromatic rings. The van der Waals surface area contributed by atoms with Crippen LogP contribution in [0, 0.1) is 12.8 Å². The second kappa shape index (κ2) is 6.70. The first-order valence-corrected chi connectivity index (χ1v) is 6.35. The maximum atomic E-state index is 3.42. The van der Waals surface area contributed by atoms with Crippen LogP contribution in [0.4, 0.5) is 0 Å². The number of nitrogens with one attached hydrogen (secondary N) is 1. The fourth-order valence-electron chi connectivity index (χ4n) is 2.17. The van der Waals surface area contributed by atoms with Crippen molar-refractivity contribution in [2.24, 2.45) is 5.92 Å². The van der Waals surface area contributed by atoms with E-state index in [9.17, 15) is 0 Å². The van der Waals surface area contributed by atoms with Gasteiger partial charge in [0.2, 0.25) is 0 Å². The Morgan fingerprint density at radius 1 is 1.19 bits per heavy atom. The third-order valence-electron chi connectivity index (χ3n) is 3.19. The summed E-state index contributed by atoms with van der Waals surface area (Å²) in [6.07, 6.45) is 3.69. The van der Waals surface area contributed by atoms with Crippen molar-refractivity contribution in [1.82, 2.24) is 5.32 Å². The first-order chi connectivity index (χ1) is 7.63. The van der Waals surface area contributed by atoms with Crippen molar-refractivity contribution in [3.05, 3.63) is 35.4 Å². The van der Waals surface area contributed by atoms with Crippen LogP contribution >= 0.6 is 0 Å². The van der Waals surface area contributed by atoms with Crippen LogP contribution in [0.25, 0.3) is 0 Å². The summed E-state index contributed by atoms with van der Waals surface area (Å²) < 4.78 is 0. The van der Waals surface area contributed by atoms with Crippen molar-refractivity contribution in [3.8, 4) is 0 Å². The molecular weight excluding hydrogens is 194 g/mol. The molecule has 0 aliphatic heterocycles. The standard InChI is InChI=1S/C15H25N/c1-12(2)11-15(16-4)10-9-14-8-6-5-7-13(14)3/h5-8,12,15-16H,9-11H2,1-4H3. The number of aryl methyl sites for hydroxylation is 2. The van der Waals surface area contributed by atoms with Gasteiger partial charge in [0.15, 0.2) is 0 Å². The fraction of sp³-hybridized carbons (Fsp3) is 0.600. The third-order valence-corrected chi connectivity index (χ3v) is 3.19. The average molecular weight is 219 g/mol. The molecule has 0 bridgehead atoms. The highest BCUT2D eigenvalue weighted by molar-refractivity contribution is 5.25. The summed E-state index contributed by atoms with van der Waals surface area (Å²) in [7, 11) is 2.07. The Kier molecular flexibility index (Phi) is 5.54. The van der Waals surface area contributed by atoms with E-state index < -0.39 is 0 Å². The molecule has 1 N–H and O–H groups in total. The quantitative estimate of drug-likeness (QED) is 0.771. The van der Waals surface area contributed by atoms with Crippen molar-refractivity contribution in [2.45, 2.75) is 46.1 Å². The Hall–Kier alpha value is -0.820. The summed E-state index contributed by atoms with van der Waals surface area (Å²) in [6, 6.07) is 9.35. The number of hydrogen-bond donors (Lipinski definition) is 1. The molecule has 1 unspecified atom stereocenters. The van der Waals surface area contributed by atoms with Gasteiger partial charge in [-0.3, -0.25) is 0 Å². The second-order valence-electron chi connectivity index (χ2n) is 5.08. The Morgan fingerprint density at radius 3 is 2.44 bits per heavy atom. The van der Waals surface area contributed by atoms with Gasteiger partial charge in [-0.2, -0.15) is 0 Å². The van der Waals surface area contributed by atoms with Gasteiger partial charge in [0.1, 0.15) is 0 Å². The van der Waals surface area contributed by atoms with Gasteiger partial charge >= 0.3 is 0 Å². The maximum Gasteiger partial charge on any atom is 0.00696 e. The number of hydrogen-bond acceptors (Lipinski definition) is 1. The molecule has 0 saturated heterocycles. The van der Waals surface area contributed by atoms with Crippen molar-refractivity contribution >= 4 is 0 Å². The minimum atomic E-state index is 0.652. The Morgan fingerprint density at radius 2 is 1.88 bits per heavy atom. The van der Waals surface area contributed by atoms with E-state index in [1.54, 1.807) is 0 Å². The summed E-state index contributed by atoms with van der Waals surface area (Å²) in [5.41, 5.74) is 2.91. The first kappa shape index (κ1) is 13.2. The normalized spacial score (nSPS) is 13.1. The third kappa shape index (κ3) is 4.36. The van der Waals surface area contributed by atoms with Gasteiger partial charge in [0.05, 0.1) is 0 Å². The van der Waals surface area contributed by atoms with Crippen LogP contribution in [0.5, 0.6) is 0 Å². The minimum absolute atomic E-state index is 0.652. The minimum Gasteiger partial charge on any atom is -0.317 e. The topological polar surface area (TPSA) is 12.0 Å². The van der Waals surface area contributed by atoms with Gasteiger partial charge in [-0.25, -0.2) is 0 Å². The molecule has 0 amide bonds. The Bertz CT molecular complexity index is 304. The van der Waals surface area contributed by atoms with Crippen LogP contribution in [0.1, 0.15) is 37.8 Å². The van der Waals surface area contributed by atoms with Gasteiger partial charge in [-0.05, 0) is 50.3 Å². The molecule has 0 radical (unpaired) electrons. The molecular formula is C15H25N. The molecule has 1 atom stereocenters. The van der Waals surface area contributed by atoms with Crippen LogP contribution in [0.3, 0.4) is 0 Å². The molecule has 0 spiro atoms. The zero-order valence-corrected chi connectivity index (χ0v) is 11.1. The average Bonchev–Trinajstić information content (AvgIpc) is 2.25. The predicted molar refractivity (Wildman–Crippen MR) is 71.8 cm³/mol. The number of benzene rings is 1. The van der Waals surface area contributed by atoms with E-state index >= 15 is 0 Å². The summed E-state index contributed by atoms with van der Waals surface area (Å²) in [4.78, 5) is 0. The molecule has 0 heterocycles. The lowest BCUT2D eigenvalue weighted by Gasteiger charge is -2.18. The fourth-order valence-corrected chi connectivity index (χ4v) is 2.17. The van der Waals surface area contributed by atoms with Gasteiger partial charge in [0.25, 0.3) is 0 Å². The molecule has 1 nitrogen and oxygen atoms in total. The summed E-state index contributed by atoms with van der Waals surface area (Å²) >= 11 is 0. The van der Waals surface area contributed by atoms with Gasteiger partial charge in [0, 0.05) is 6.04 Å². The largest absolute Gasteiger partial charge is 0.317 e. The first-order valence-electron chi connectivity index (χ1n) is 6.35. The summed E-state index contributed by atoms with van der Waals surface area (Å²) in [6.45, 7) is 6.78. The molecule has 16 heavy (non-hydrogen) atoms. The molecule has 1 aromatic carbocycles. The van der Waals surface area contributed by atoms with E-state index in [0.717, 1.165) is 5.92 Å². The SMILES string of the molecule is CNC(CCc1ccccc1C)CC(C)C. The lowest BCUT2D eigenvalue weighted by molar-refractivity contribution is 0.421. The number of rotatable bonds is 6. The van der Waals surface area contributed by atoms with E-state index in [4.69, 9.17) is 0 Å². The van der Waals surface area contributed by atoms with Crippen molar-refractivity contribution < 1.29 is 0 Å². The highest BCUT2D eigenvalue weighted by Crippen LogP contribution is 2.14. The highest BCUT2D eigenvalue weighted by Gasteiger charge is 2.09. The molecule has 90 valence electrons. The lowest BCUT2D eigenvalue weighted by atomic mass is 9.96. The molecule has 1 rings (SSSR count). The Balaban J connectivity index is 2.46. The van der Waals surface area contributed by atoms with E-state index in [-0.39, 0.29) is 0 Å². The molecule has 0 fully saturated rings.